The van der Waals surface area contributed by atoms with Crippen molar-refractivity contribution in [3.8, 4) is 0 Å². The van der Waals surface area contributed by atoms with Gasteiger partial charge in [-0.2, -0.15) is 0 Å². The maximum Gasteiger partial charge on any atom is 0.337 e. The molecule has 0 fully saturated rings. The van der Waals surface area contributed by atoms with Crippen molar-refractivity contribution >= 4 is 16.9 Å². The fourth-order valence-corrected chi connectivity index (χ4v) is 3.78. The fourth-order valence-electron chi connectivity index (χ4n) is 3.78. The normalized spacial score (nSPS) is 10.9. The van der Waals surface area contributed by atoms with Crippen LogP contribution in [0.25, 0.3) is 10.9 Å². The number of fused-ring (bicyclic) bond motifs is 1. The summed E-state index contributed by atoms with van der Waals surface area (Å²) in [5.74, 6) is -0.304. The van der Waals surface area contributed by atoms with E-state index in [9.17, 15) is 4.79 Å². The van der Waals surface area contributed by atoms with Crippen LogP contribution in [0.1, 0.15) is 32.7 Å². The number of hydrogen-bond donors (Lipinski definition) is 0. The molecule has 0 aliphatic rings. The lowest BCUT2D eigenvalue weighted by atomic mass is 10.0. The first-order valence-corrected chi connectivity index (χ1v) is 9.45. The summed E-state index contributed by atoms with van der Waals surface area (Å²) in [7, 11) is 1.40. The molecule has 1 aromatic heterocycles. The van der Waals surface area contributed by atoms with Crippen molar-refractivity contribution in [2.24, 2.45) is 0 Å². The molecule has 3 nitrogen and oxygen atoms in total. The van der Waals surface area contributed by atoms with E-state index in [0.29, 0.717) is 5.56 Å². The fraction of sp³-hybridized carbons (Fsp3) is 0.160. The topological polar surface area (TPSA) is 31.2 Å². The molecule has 1 heterocycles. The Morgan fingerprint density at radius 2 is 1.54 bits per heavy atom. The van der Waals surface area contributed by atoms with Gasteiger partial charge in [-0.05, 0) is 48.2 Å². The number of hydrogen-bond acceptors (Lipinski definition) is 2. The van der Waals surface area contributed by atoms with Crippen molar-refractivity contribution < 1.29 is 9.53 Å². The van der Waals surface area contributed by atoms with Crippen molar-refractivity contribution in [3.63, 3.8) is 0 Å². The van der Waals surface area contributed by atoms with Crippen LogP contribution < -0.4 is 0 Å². The van der Waals surface area contributed by atoms with E-state index in [-0.39, 0.29) is 5.97 Å². The average Bonchev–Trinajstić information content (AvgIpc) is 3.00. The van der Waals surface area contributed by atoms with Crippen LogP contribution in [0, 0.1) is 6.92 Å². The van der Waals surface area contributed by atoms with E-state index < -0.39 is 0 Å². The predicted molar refractivity (Wildman–Crippen MR) is 113 cm³/mol. The van der Waals surface area contributed by atoms with E-state index in [1.165, 1.54) is 40.4 Å². The van der Waals surface area contributed by atoms with Gasteiger partial charge >= 0.3 is 5.97 Å². The second-order valence-electron chi connectivity index (χ2n) is 7.02. The third kappa shape index (κ3) is 3.44. The van der Waals surface area contributed by atoms with E-state index in [1.54, 1.807) is 0 Å². The molecule has 4 aromatic rings. The highest BCUT2D eigenvalue weighted by atomic mass is 16.5. The van der Waals surface area contributed by atoms with Gasteiger partial charge in [-0.3, -0.25) is 0 Å². The van der Waals surface area contributed by atoms with Gasteiger partial charge in [0.15, 0.2) is 0 Å². The van der Waals surface area contributed by atoms with Crippen molar-refractivity contribution in [2.75, 3.05) is 7.11 Å². The van der Waals surface area contributed by atoms with Gasteiger partial charge in [-0.1, -0.05) is 60.7 Å². The number of nitrogens with zero attached hydrogens (tertiary/aromatic N) is 1. The number of esters is 1. The lowest BCUT2D eigenvalue weighted by Gasteiger charge is -2.09. The molecule has 0 N–H and O–H groups in total. The highest BCUT2D eigenvalue weighted by Gasteiger charge is 2.15. The Bertz CT molecular complexity index is 1110. The highest BCUT2D eigenvalue weighted by Crippen LogP contribution is 2.29. The smallest absolute Gasteiger partial charge is 0.337 e. The largest absolute Gasteiger partial charge is 0.465 e. The van der Waals surface area contributed by atoms with Crippen LogP contribution in [0.15, 0.2) is 78.9 Å². The van der Waals surface area contributed by atoms with Crippen molar-refractivity contribution in [1.82, 2.24) is 4.57 Å². The summed E-state index contributed by atoms with van der Waals surface area (Å²) >= 11 is 0. The molecular weight excluding hydrogens is 346 g/mol. The average molecular weight is 369 g/mol. The van der Waals surface area contributed by atoms with E-state index in [4.69, 9.17) is 4.74 Å². The number of carbonyl (C=O) groups is 1. The Morgan fingerprint density at radius 3 is 2.25 bits per heavy atom. The van der Waals surface area contributed by atoms with Crippen molar-refractivity contribution in [2.45, 2.75) is 19.9 Å². The zero-order valence-electron chi connectivity index (χ0n) is 16.2. The minimum Gasteiger partial charge on any atom is -0.465 e. The molecule has 0 saturated heterocycles. The molecule has 0 radical (unpaired) electrons. The van der Waals surface area contributed by atoms with E-state index in [0.717, 1.165) is 13.0 Å². The first kappa shape index (κ1) is 18.1. The molecule has 0 saturated carbocycles. The molecule has 0 atom stereocenters. The van der Waals surface area contributed by atoms with Gasteiger partial charge in [0.1, 0.15) is 0 Å². The molecule has 4 rings (SSSR count). The molecule has 3 heteroatoms. The SMILES string of the molecule is COC(=O)c1ccc(Cc2c(C)n(Cc3ccccc3)c3ccccc23)cc1. The van der Waals surface area contributed by atoms with Crippen LogP contribution in [0.2, 0.25) is 0 Å². The Morgan fingerprint density at radius 1 is 0.857 bits per heavy atom. The van der Waals surface area contributed by atoms with Gasteiger partial charge in [-0.25, -0.2) is 4.79 Å². The maximum absolute atomic E-state index is 11.7. The van der Waals surface area contributed by atoms with E-state index in [2.05, 4.69) is 60.0 Å². The molecular formula is C25H23NO2. The number of carbonyl (C=O) groups excluding carboxylic acids is 1. The minimum atomic E-state index is -0.304. The summed E-state index contributed by atoms with van der Waals surface area (Å²) in [5, 5.41) is 1.29. The minimum absolute atomic E-state index is 0.304. The molecule has 0 amide bonds. The number of methoxy groups -OCH3 is 1. The molecule has 0 unspecified atom stereocenters. The van der Waals surface area contributed by atoms with E-state index >= 15 is 0 Å². The second kappa shape index (κ2) is 7.73. The monoisotopic (exact) mass is 369 g/mol. The second-order valence-corrected chi connectivity index (χ2v) is 7.02. The molecule has 3 aromatic carbocycles. The zero-order valence-corrected chi connectivity index (χ0v) is 16.2. The Hall–Kier alpha value is -3.33. The van der Waals surface area contributed by atoms with Gasteiger partial charge in [-0.15, -0.1) is 0 Å². The lowest BCUT2D eigenvalue weighted by Crippen LogP contribution is -2.03. The summed E-state index contributed by atoms with van der Waals surface area (Å²) in [4.78, 5) is 11.7. The highest BCUT2D eigenvalue weighted by molar-refractivity contribution is 5.89. The van der Waals surface area contributed by atoms with Gasteiger partial charge in [0.2, 0.25) is 0 Å². The number of ether oxygens (including phenoxy) is 1. The Labute approximate surface area is 165 Å². The van der Waals surface area contributed by atoms with Crippen LogP contribution in [0.5, 0.6) is 0 Å². The standard InChI is InChI=1S/C25H23NO2/c1-18-23(16-19-12-14-21(15-13-19)25(27)28-2)22-10-6-7-11-24(22)26(18)17-20-8-4-3-5-9-20/h3-15H,16-17H2,1-2H3. The van der Waals surface area contributed by atoms with Crippen LogP contribution in [-0.2, 0) is 17.7 Å². The Kier molecular flexibility index (Phi) is 4.98. The maximum atomic E-state index is 11.7. The summed E-state index contributed by atoms with van der Waals surface area (Å²) in [5.41, 5.74) is 6.91. The zero-order chi connectivity index (χ0) is 19.5. The predicted octanol–water partition coefficient (Wildman–Crippen LogP) is 5.38. The van der Waals surface area contributed by atoms with E-state index in [1.807, 2.05) is 30.3 Å². The number of aromatic nitrogens is 1. The van der Waals surface area contributed by atoms with Gasteiger partial charge < -0.3 is 9.30 Å². The van der Waals surface area contributed by atoms with Crippen molar-refractivity contribution in [3.05, 3.63) is 107 Å². The molecule has 0 aliphatic carbocycles. The third-order valence-corrected chi connectivity index (χ3v) is 5.30. The summed E-state index contributed by atoms with van der Waals surface area (Å²) in [6, 6.07) is 26.8. The van der Waals surface area contributed by atoms with Gasteiger partial charge in [0.05, 0.1) is 12.7 Å². The summed E-state index contributed by atoms with van der Waals surface area (Å²) in [6.07, 6.45) is 0.829. The molecule has 140 valence electrons. The molecule has 0 spiro atoms. The van der Waals surface area contributed by atoms with Crippen LogP contribution in [0.3, 0.4) is 0 Å². The van der Waals surface area contributed by atoms with Crippen LogP contribution >= 0.6 is 0 Å². The number of benzene rings is 3. The Balaban J connectivity index is 1.71. The molecule has 0 bridgehead atoms. The molecule has 28 heavy (non-hydrogen) atoms. The van der Waals surface area contributed by atoms with Gasteiger partial charge in [0, 0.05) is 23.1 Å². The first-order valence-electron chi connectivity index (χ1n) is 9.45. The van der Waals surface area contributed by atoms with Crippen LogP contribution in [0.4, 0.5) is 0 Å². The number of rotatable bonds is 5. The summed E-state index contributed by atoms with van der Waals surface area (Å²) in [6.45, 7) is 3.05. The lowest BCUT2D eigenvalue weighted by molar-refractivity contribution is 0.0600. The molecule has 0 aliphatic heterocycles. The first-order chi connectivity index (χ1) is 13.7. The van der Waals surface area contributed by atoms with Crippen molar-refractivity contribution in [1.29, 1.82) is 0 Å². The summed E-state index contributed by atoms with van der Waals surface area (Å²) < 4.78 is 7.18. The van der Waals surface area contributed by atoms with Crippen LogP contribution in [-0.4, -0.2) is 17.6 Å². The number of para-hydroxylation sites is 1. The third-order valence-electron chi connectivity index (χ3n) is 5.30. The quantitative estimate of drug-likeness (QED) is 0.443. The van der Waals surface area contributed by atoms with Gasteiger partial charge in [0.25, 0.3) is 0 Å².